The van der Waals surface area contributed by atoms with Crippen molar-refractivity contribution in [2.24, 2.45) is 0 Å². The van der Waals surface area contributed by atoms with Crippen molar-refractivity contribution in [3.8, 4) is 0 Å². The number of carbonyl (C=O) groups excluding carboxylic acids is 1. The van der Waals surface area contributed by atoms with Crippen molar-refractivity contribution in [3.05, 3.63) is 0 Å². The molecule has 5 nitrogen and oxygen atoms in total. The summed E-state index contributed by atoms with van der Waals surface area (Å²) in [4.78, 5) is 13.2. The second-order valence-corrected chi connectivity index (χ2v) is 6.38. The number of sulfonamides is 1. The Morgan fingerprint density at radius 3 is 2.64 bits per heavy atom. The molecule has 1 aliphatic rings. The molecule has 1 heterocycles. The molecule has 14 heavy (non-hydrogen) atoms. The van der Waals surface area contributed by atoms with Gasteiger partial charge in [0.1, 0.15) is 0 Å². The zero-order valence-corrected chi connectivity index (χ0v) is 9.90. The maximum absolute atomic E-state index is 11.5. The normalized spacial score (nSPS) is 17.8. The standard InChI is InChI=1S/C7H14N2O3S2/c1-8(14(2,11)12)5-7(10)9-3-4-13-6-9/h3-6H2,1-2H3. The lowest BCUT2D eigenvalue weighted by Crippen LogP contribution is -2.39. The highest BCUT2D eigenvalue weighted by atomic mass is 32.2. The van der Waals surface area contributed by atoms with Gasteiger partial charge >= 0.3 is 0 Å². The van der Waals surface area contributed by atoms with E-state index in [4.69, 9.17) is 0 Å². The number of hydrogen-bond donors (Lipinski definition) is 0. The van der Waals surface area contributed by atoms with E-state index >= 15 is 0 Å². The molecule has 0 bridgehead atoms. The van der Waals surface area contributed by atoms with Gasteiger partial charge in [-0.25, -0.2) is 8.42 Å². The van der Waals surface area contributed by atoms with Crippen LogP contribution in [0, 0.1) is 0 Å². The van der Waals surface area contributed by atoms with Crippen molar-refractivity contribution >= 4 is 27.7 Å². The zero-order valence-electron chi connectivity index (χ0n) is 8.26. The van der Waals surface area contributed by atoms with Gasteiger partial charge in [0.2, 0.25) is 15.9 Å². The Labute approximate surface area is 88.5 Å². The van der Waals surface area contributed by atoms with Crippen LogP contribution in [0.2, 0.25) is 0 Å². The molecule has 1 fully saturated rings. The van der Waals surface area contributed by atoms with E-state index in [-0.39, 0.29) is 12.5 Å². The van der Waals surface area contributed by atoms with Gasteiger partial charge in [-0.3, -0.25) is 4.79 Å². The summed E-state index contributed by atoms with van der Waals surface area (Å²) >= 11 is 1.68. The van der Waals surface area contributed by atoms with Gasteiger partial charge in [-0.2, -0.15) is 4.31 Å². The number of thioether (sulfide) groups is 1. The fourth-order valence-corrected chi connectivity index (χ4v) is 2.34. The van der Waals surface area contributed by atoms with Gasteiger partial charge in [0, 0.05) is 19.3 Å². The molecule has 0 aromatic rings. The first kappa shape index (κ1) is 11.8. The predicted octanol–water partition coefficient (Wildman–Crippen LogP) is -0.589. The van der Waals surface area contributed by atoms with Gasteiger partial charge in [0.05, 0.1) is 18.7 Å². The number of likely N-dealkylation sites (N-methyl/N-ethyl adjacent to an activating group) is 1. The third kappa shape index (κ3) is 3.14. The molecule has 0 aliphatic carbocycles. The Morgan fingerprint density at radius 1 is 1.57 bits per heavy atom. The van der Waals surface area contributed by atoms with Crippen LogP contribution in [0.1, 0.15) is 0 Å². The van der Waals surface area contributed by atoms with Gasteiger partial charge in [0.25, 0.3) is 0 Å². The van der Waals surface area contributed by atoms with E-state index in [9.17, 15) is 13.2 Å². The third-order valence-electron chi connectivity index (χ3n) is 2.03. The topological polar surface area (TPSA) is 57.7 Å². The summed E-state index contributed by atoms with van der Waals surface area (Å²) in [7, 11) is -1.84. The SMILES string of the molecule is CN(CC(=O)N1CCSC1)S(C)(=O)=O. The fraction of sp³-hybridized carbons (Fsp3) is 0.857. The Hall–Kier alpha value is -0.270. The highest BCUT2D eigenvalue weighted by molar-refractivity contribution is 7.99. The molecule has 1 aliphatic heterocycles. The molecule has 1 rings (SSSR count). The van der Waals surface area contributed by atoms with Crippen molar-refractivity contribution in [3.63, 3.8) is 0 Å². The fourth-order valence-electron chi connectivity index (χ4n) is 1.02. The van der Waals surface area contributed by atoms with Crippen LogP contribution in [0.15, 0.2) is 0 Å². The molecule has 7 heteroatoms. The van der Waals surface area contributed by atoms with Crippen LogP contribution in [-0.2, 0) is 14.8 Å². The quantitative estimate of drug-likeness (QED) is 0.659. The van der Waals surface area contributed by atoms with Crippen LogP contribution in [0.25, 0.3) is 0 Å². The van der Waals surface area contributed by atoms with Gasteiger partial charge in [-0.05, 0) is 0 Å². The second-order valence-electron chi connectivity index (χ2n) is 3.21. The molecule has 0 saturated carbocycles. The van der Waals surface area contributed by atoms with Crippen LogP contribution >= 0.6 is 11.8 Å². The van der Waals surface area contributed by atoms with Gasteiger partial charge in [-0.15, -0.1) is 11.8 Å². The summed E-state index contributed by atoms with van der Waals surface area (Å²) in [5, 5.41) is 0. The molecule has 0 N–H and O–H groups in total. The Balaban J connectivity index is 2.48. The summed E-state index contributed by atoms with van der Waals surface area (Å²) in [6.07, 6.45) is 1.10. The first-order chi connectivity index (χ1) is 6.41. The third-order valence-corrected chi connectivity index (χ3v) is 4.26. The molecular weight excluding hydrogens is 224 g/mol. The monoisotopic (exact) mass is 238 g/mol. The first-order valence-corrected chi connectivity index (χ1v) is 7.18. The molecule has 1 amide bonds. The average Bonchev–Trinajstić information content (AvgIpc) is 2.53. The van der Waals surface area contributed by atoms with E-state index in [0.717, 1.165) is 22.9 Å². The molecule has 0 atom stereocenters. The number of carbonyl (C=O) groups is 1. The van der Waals surface area contributed by atoms with Crippen molar-refractivity contribution in [1.82, 2.24) is 9.21 Å². The summed E-state index contributed by atoms with van der Waals surface area (Å²) in [5.74, 6) is 1.49. The molecule has 0 aromatic heterocycles. The lowest BCUT2D eigenvalue weighted by Gasteiger charge is -2.18. The minimum Gasteiger partial charge on any atom is -0.331 e. The minimum absolute atomic E-state index is 0.0562. The van der Waals surface area contributed by atoms with Crippen molar-refractivity contribution in [2.45, 2.75) is 0 Å². The molecule has 0 unspecified atom stereocenters. The second kappa shape index (κ2) is 4.50. The summed E-state index contributed by atoms with van der Waals surface area (Å²) < 4.78 is 23.1. The number of nitrogens with zero attached hydrogens (tertiary/aromatic N) is 2. The maximum atomic E-state index is 11.5. The van der Waals surface area contributed by atoms with Crippen molar-refractivity contribution in [1.29, 1.82) is 0 Å². The van der Waals surface area contributed by atoms with Crippen LogP contribution in [0.4, 0.5) is 0 Å². The number of amides is 1. The molecule has 1 saturated heterocycles. The Bertz CT molecular complexity index is 309. The van der Waals surface area contributed by atoms with Gasteiger partial charge in [-0.1, -0.05) is 0 Å². The van der Waals surface area contributed by atoms with E-state index in [1.165, 1.54) is 7.05 Å². The van der Waals surface area contributed by atoms with Crippen molar-refractivity contribution < 1.29 is 13.2 Å². The Morgan fingerprint density at radius 2 is 2.21 bits per heavy atom. The summed E-state index contributed by atoms with van der Waals surface area (Å²) in [6.45, 7) is 0.667. The van der Waals surface area contributed by atoms with Crippen LogP contribution in [0.5, 0.6) is 0 Å². The zero-order chi connectivity index (χ0) is 10.8. The molecule has 82 valence electrons. The van der Waals surface area contributed by atoms with E-state index < -0.39 is 10.0 Å². The van der Waals surface area contributed by atoms with E-state index in [1.54, 1.807) is 16.7 Å². The summed E-state index contributed by atoms with van der Waals surface area (Å²) in [5.41, 5.74) is 0. The van der Waals surface area contributed by atoms with E-state index in [1.807, 2.05) is 0 Å². The number of rotatable bonds is 3. The van der Waals surface area contributed by atoms with Crippen LogP contribution in [-0.4, -0.2) is 61.6 Å². The molecule has 0 spiro atoms. The Kier molecular flexibility index (Phi) is 3.79. The first-order valence-electron chi connectivity index (χ1n) is 4.18. The lowest BCUT2D eigenvalue weighted by atomic mass is 10.5. The molecule has 0 aromatic carbocycles. The van der Waals surface area contributed by atoms with Crippen molar-refractivity contribution in [2.75, 3.05) is 38.0 Å². The highest BCUT2D eigenvalue weighted by Crippen LogP contribution is 2.13. The van der Waals surface area contributed by atoms with Crippen LogP contribution in [0.3, 0.4) is 0 Å². The van der Waals surface area contributed by atoms with E-state index in [0.29, 0.717) is 5.88 Å². The van der Waals surface area contributed by atoms with Gasteiger partial charge < -0.3 is 4.90 Å². The predicted molar refractivity (Wildman–Crippen MR) is 56.5 cm³/mol. The molecule has 0 radical (unpaired) electrons. The number of hydrogen-bond acceptors (Lipinski definition) is 4. The minimum atomic E-state index is -3.25. The average molecular weight is 238 g/mol. The van der Waals surface area contributed by atoms with Crippen LogP contribution < -0.4 is 0 Å². The highest BCUT2D eigenvalue weighted by Gasteiger charge is 2.22. The smallest absolute Gasteiger partial charge is 0.238 e. The van der Waals surface area contributed by atoms with Gasteiger partial charge in [0.15, 0.2) is 0 Å². The maximum Gasteiger partial charge on any atom is 0.238 e. The molecular formula is C7H14N2O3S2. The largest absolute Gasteiger partial charge is 0.331 e. The lowest BCUT2D eigenvalue weighted by molar-refractivity contribution is -0.129. The van der Waals surface area contributed by atoms with E-state index in [2.05, 4.69) is 0 Å². The summed E-state index contributed by atoms with van der Waals surface area (Å²) in [6, 6.07) is 0.